The lowest BCUT2D eigenvalue weighted by molar-refractivity contribution is 0.0726. The van der Waals surface area contributed by atoms with E-state index in [1.807, 2.05) is 0 Å². The molecule has 0 saturated heterocycles. The minimum Gasteiger partial charge on any atom is -0.497 e. The Labute approximate surface area is 158 Å². The van der Waals surface area contributed by atoms with E-state index in [1.165, 1.54) is 11.7 Å². The van der Waals surface area contributed by atoms with Gasteiger partial charge in [0.15, 0.2) is 11.6 Å². The van der Waals surface area contributed by atoms with E-state index in [0.29, 0.717) is 11.3 Å². The van der Waals surface area contributed by atoms with Crippen LogP contribution in [0.5, 0.6) is 11.5 Å². The molecule has 1 aliphatic heterocycles. The van der Waals surface area contributed by atoms with Crippen molar-refractivity contribution in [2.24, 2.45) is 0 Å². The van der Waals surface area contributed by atoms with Gasteiger partial charge < -0.3 is 9.47 Å². The van der Waals surface area contributed by atoms with E-state index >= 15 is 0 Å². The van der Waals surface area contributed by atoms with Crippen molar-refractivity contribution >= 4 is 10.9 Å². The van der Waals surface area contributed by atoms with Crippen LogP contribution in [-0.4, -0.2) is 21.8 Å². The maximum absolute atomic E-state index is 14.3. The molecule has 1 aliphatic rings. The van der Waals surface area contributed by atoms with Crippen LogP contribution in [0.25, 0.3) is 10.9 Å². The minimum absolute atomic E-state index is 0.00673. The van der Waals surface area contributed by atoms with Crippen LogP contribution in [0, 0.1) is 11.6 Å². The van der Waals surface area contributed by atoms with E-state index in [1.54, 1.807) is 38.1 Å². The fourth-order valence-electron chi connectivity index (χ4n) is 3.48. The van der Waals surface area contributed by atoms with Gasteiger partial charge >= 0.3 is 5.69 Å². The highest BCUT2D eigenvalue weighted by Crippen LogP contribution is 2.35. The number of hydrogen-bond acceptors (Lipinski definition) is 4. The van der Waals surface area contributed by atoms with Crippen molar-refractivity contribution in [1.29, 1.82) is 0 Å². The summed E-state index contributed by atoms with van der Waals surface area (Å²) in [5.41, 5.74) is -1.56. The van der Waals surface area contributed by atoms with Crippen molar-refractivity contribution < 1.29 is 18.3 Å². The summed E-state index contributed by atoms with van der Waals surface area (Å²) in [4.78, 5) is 26.0. The smallest absolute Gasteiger partial charge is 0.332 e. The Morgan fingerprint density at radius 3 is 2.50 bits per heavy atom. The minimum atomic E-state index is -1.21. The van der Waals surface area contributed by atoms with Gasteiger partial charge in [0.25, 0.3) is 5.56 Å². The first-order chi connectivity index (χ1) is 13.2. The summed E-state index contributed by atoms with van der Waals surface area (Å²) in [5.74, 6) is -2.17. The fraction of sp³-hybridized carbons (Fsp3) is 0.300. The normalized spacial score (nSPS) is 14.8. The lowest BCUT2D eigenvalue weighted by Gasteiger charge is -2.33. The molecule has 8 heteroatoms. The van der Waals surface area contributed by atoms with Crippen LogP contribution >= 0.6 is 0 Å². The maximum atomic E-state index is 14.3. The van der Waals surface area contributed by atoms with Crippen LogP contribution in [0.2, 0.25) is 0 Å². The summed E-state index contributed by atoms with van der Waals surface area (Å²) < 4.78 is 41.4. The SMILES string of the molecule is COc1ccc(Cn2c(=O)c3cc(F)c(F)c4c3n(c2=O)CC(C)(C)O4)cc1. The van der Waals surface area contributed by atoms with Crippen molar-refractivity contribution in [3.8, 4) is 11.5 Å². The van der Waals surface area contributed by atoms with Gasteiger partial charge in [-0.25, -0.2) is 9.18 Å². The van der Waals surface area contributed by atoms with E-state index in [9.17, 15) is 18.4 Å². The third-order valence-electron chi connectivity index (χ3n) is 4.77. The number of nitrogens with zero attached hydrogens (tertiary/aromatic N) is 2. The third kappa shape index (κ3) is 2.76. The van der Waals surface area contributed by atoms with Crippen LogP contribution in [0.4, 0.5) is 8.78 Å². The van der Waals surface area contributed by atoms with Gasteiger partial charge in [-0.15, -0.1) is 0 Å². The molecule has 0 N–H and O–H groups in total. The molecule has 2 aromatic carbocycles. The number of benzene rings is 2. The Hall–Kier alpha value is -3.16. The Kier molecular flexibility index (Phi) is 4.02. The Morgan fingerprint density at radius 2 is 1.86 bits per heavy atom. The molecule has 6 nitrogen and oxygen atoms in total. The predicted octanol–water partition coefficient (Wildman–Crippen LogP) is 2.67. The summed E-state index contributed by atoms with van der Waals surface area (Å²) in [6.07, 6.45) is 0. The monoisotopic (exact) mass is 388 g/mol. The van der Waals surface area contributed by atoms with Gasteiger partial charge in [0, 0.05) is 0 Å². The zero-order chi connectivity index (χ0) is 20.2. The highest BCUT2D eigenvalue weighted by Gasteiger charge is 2.34. The standard InChI is InChI=1S/C20H18F2N2O4/c1-20(2)10-24-16-13(8-14(21)15(22)17(16)28-20)18(25)23(19(24)26)9-11-4-6-12(27-3)7-5-11/h4-8H,9-10H2,1-3H3. The molecule has 4 rings (SSSR count). The molecule has 1 aromatic heterocycles. The quantitative estimate of drug-likeness (QED) is 0.692. The maximum Gasteiger partial charge on any atom is 0.332 e. The van der Waals surface area contributed by atoms with Gasteiger partial charge in [0.1, 0.15) is 16.9 Å². The topological polar surface area (TPSA) is 62.5 Å². The van der Waals surface area contributed by atoms with Crippen LogP contribution in [-0.2, 0) is 13.1 Å². The number of hydrogen-bond donors (Lipinski definition) is 0. The number of rotatable bonds is 3. The molecule has 0 aliphatic carbocycles. The summed E-state index contributed by atoms with van der Waals surface area (Å²) in [6.45, 7) is 3.42. The second-order valence-corrected chi connectivity index (χ2v) is 7.37. The van der Waals surface area contributed by atoms with Crippen LogP contribution in [0.3, 0.4) is 0 Å². The highest BCUT2D eigenvalue weighted by atomic mass is 19.2. The summed E-state index contributed by atoms with van der Waals surface area (Å²) in [5, 5.41) is -0.0995. The first kappa shape index (κ1) is 18.2. The molecule has 0 radical (unpaired) electrons. The molecular weight excluding hydrogens is 370 g/mol. The first-order valence-corrected chi connectivity index (χ1v) is 8.69. The van der Waals surface area contributed by atoms with Crippen molar-refractivity contribution in [1.82, 2.24) is 9.13 Å². The zero-order valence-corrected chi connectivity index (χ0v) is 15.6. The number of halogens is 2. The molecule has 0 unspecified atom stereocenters. The van der Waals surface area contributed by atoms with Crippen molar-refractivity contribution in [3.63, 3.8) is 0 Å². The molecule has 0 bridgehead atoms. The molecule has 3 aromatic rings. The zero-order valence-electron chi connectivity index (χ0n) is 15.6. The Morgan fingerprint density at radius 1 is 1.18 bits per heavy atom. The fourth-order valence-corrected chi connectivity index (χ4v) is 3.48. The average molecular weight is 388 g/mol. The molecule has 0 atom stereocenters. The number of methoxy groups -OCH3 is 1. The molecule has 146 valence electrons. The summed E-state index contributed by atoms with van der Waals surface area (Å²) in [7, 11) is 1.54. The van der Waals surface area contributed by atoms with Gasteiger partial charge in [-0.3, -0.25) is 13.9 Å². The molecule has 0 spiro atoms. The van der Waals surface area contributed by atoms with E-state index in [2.05, 4.69) is 0 Å². The molecule has 0 saturated carbocycles. The predicted molar refractivity (Wildman–Crippen MR) is 99.2 cm³/mol. The largest absolute Gasteiger partial charge is 0.497 e. The van der Waals surface area contributed by atoms with E-state index in [-0.39, 0.29) is 24.0 Å². The lowest BCUT2D eigenvalue weighted by atomic mass is 10.1. The lowest BCUT2D eigenvalue weighted by Crippen LogP contribution is -2.48. The number of aromatic nitrogens is 2. The highest BCUT2D eigenvalue weighted by molar-refractivity contribution is 5.85. The van der Waals surface area contributed by atoms with Gasteiger partial charge in [-0.2, -0.15) is 4.39 Å². The van der Waals surface area contributed by atoms with E-state index < -0.39 is 34.2 Å². The van der Waals surface area contributed by atoms with Gasteiger partial charge in [-0.1, -0.05) is 12.1 Å². The third-order valence-corrected chi connectivity index (χ3v) is 4.77. The Balaban J connectivity index is 1.98. The second kappa shape index (κ2) is 6.19. The molecule has 28 heavy (non-hydrogen) atoms. The van der Waals surface area contributed by atoms with Crippen molar-refractivity contribution in [2.75, 3.05) is 7.11 Å². The molecular formula is C20H18F2N2O4. The van der Waals surface area contributed by atoms with Crippen LogP contribution in [0.1, 0.15) is 19.4 Å². The van der Waals surface area contributed by atoms with Gasteiger partial charge in [0.05, 0.1) is 25.6 Å². The summed E-state index contributed by atoms with van der Waals surface area (Å²) >= 11 is 0. The Bertz CT molecular complexity index is 1210. The number of ether oxygens (including phenoxy) is 2. The van der Waals surface area contributed by atoms with Gasteiger partial charge in [0.2, 0.25) is 5.82 Å². The van der Waals surface area contributed by atoms with E-state index in [0.717, 1.165) is 10.6 Å². The van der Waals surface area contributed by atoms with Crippen molar-refractivity contribution in [3.05, 3.63) is 68.4 Å². The second-order valence-electron chi connectivity index (χ2n) is 7.37. The first-order valence-electron chi connectivity index (χ1n) is 8.69. The van der Waals surface area contributed by atoms with E-state index in [4.69, 9.17) is 9.47 Å². The molecule has 0 amide bonds. The van der Waals surface area contributed by atoms with Crippen LogP contribution < -0.4 is 20.7 Å². The summed E-state index contributed by atoms with van der Waals surface area (Å²) in [6, 6.07) is 7.71. The average Bonchev–Trinajstić information content (AvgIpc) is 2.66. The molecule has 2 heterocycles. The van der Waals surface area contributed by atoms with Crippen molar-refractivity contribution in [2.45, 2.75) is 32.5 Å². The van der Waals surface area contributed by atoms with Crippen LogP contribution in [0.15, 0.2) is 39.9 Å². The molecule has 0 fully saturated rings. The van der Waals surface area contributed by atoms with Gasteiger partial charge in [-0.05, 0) is 37.6 Å².